The van der Waals surface area contributed by atoms with Crippen LogP contribution in [0.1, 0.15) is 45.1 Å². The number of fused-ring (bicyclic) bond motifs is 1. The Kier molecular flexibility index (Phi) is 6.84. The molecule has 4 nitrogen and oxygen atoms in total. The van der Waals surface area contributed by atoms with E-state index in [4.69, 9.17) is 4.74 Å². The van der Waals surface area contributed by atoms with Crippen LogP contribution in [0.2, 0.25) is 0 Å². The second kappa shape index (κ2) is 9.32. The summed E-state index contributed by atoms with van der Waals surface area (Å²) in [6.07, 6.45) is 4.66. The zero-order valence-electron chi connectivity index (χ0n) is 16.9. The molecule has 1 aromatic heterocycles. The number of nitrogens with zero attached hydrogens (tertiary/aromatic N) is 2. The highest BCUT2D eigenvalue weighted by Crippen LogP contribution is 2.30. The summed E-state index contributed by atoms with van der Waals surface area (Å²) < 4.78 is 5.34. The fourth-order valence-corrected chi connectivity index (χ4v) is 4.45. The molecule has 2 atom stereocenters. The highest BCUT2D eigenvalue weighted by Gasteiger charge is 2.29. The number of rotatable bonds is 8. The lowest BCUT2D eigenvalue weighted by molar-refractivity contribution is -0.120. The van der Waals surface area contributed by atoms with E-state index < -0.39 is 0 Å². The smallest absolute Gasteiger partial charge is 0.213 e. The Labute approximate surface area is 162 Å². The van der Waals surface area contributed by atoms with E-state index in [9.17, 15) is 4.79 Å². The number of methoxy groups -OCH3 is 1. The van der Waals surface area contributed by atoms with Crippen molar-refractivity contribution < 1.29 is 9.53 Å². The third-order valence-electron chi connectivity index (χ3n) is 5.90. The summed E-state index contributed by atoms with van der Waals surface area (Å²) in [5.41, 5.74) is 1.91. The maximum absolute atomic E-state index is 12.9. The van der Waals surface area contributed by atoms with Gasteiger partial charge in [-0.1, -0.05) is 38.5 Å². The number of piperidine rings is 1. The minimum absolute atomic E-state index is 0.334. The van der Waals surface area contributed by atoms with E-state index in [1.807, 2.05) is 30.3 Å². The Morgan fingerprint density at radius 1 is 1.26 bits per heavy atom. The van der Waals surface area contributed by atoms with Crippen molar-refractivity contribution in [2.24, 2.45) is 11.8 Å². The summed E-state index contributed by atoms with van der Waals surface area (Å²) in [4.78, 5) is 20.0. The number of pyridine rings is 1. The average molecular weight is 369 g/mol. The third kappa shape index (κ3) is 4.86. The van der Waals surface area contributed by atoms with E-state index >= 15 is 0 Å². The number of hydrogen-bond donors (Lipinski definition) is 0. The van der Waals surface area contributed by atoms with Gasteiger partial charge in [0.2, 0.25) is 5.88 Å². The summed E-state index contributed by atoms with van der Waals surface area (Å²) in [6.45, 7) is 7.96. The third-order valence-corrected chi connectivity index (χ3v) is 5.90. The summed E-state index contributed by atoms with van der Waals surface area (Å²) >= 11 is 0. The van der Waals surface area contributed by atoms with Gasteiger partial charge in [-0.2, -0.15) is 0 Å². The number of Topliss-reactive ketones (excluding diaryl/α,β-unsaturated/α-hetero) is 1. The summed E-state index contributed by atoms with van der Waals surface area (Å²) in [5, 5.41) is 1.05. The molecule has 4 heteroatoms. The molecule has 2 heterocycles. The molecule has 0 saturated carbocycles. The summed E-state index contributed by atoms with van der Waals surface area (Å²) in [7, 11) is 1.62. The van der Waals surface area contributed by atoms with Crippen LogP contribution in [0.3, 0.4) is 0 Å². The average Bonchev–Trinajstić information content (AvgIpc) is 2.69. The van der Waals surface area contributed by atoms with Gasteiger partial charge in [-0.15, -0.1) is 0 Å². The van der Waals surface area contributed by atoms with E-state index in [2.05, 4.69) is 23.7 Å². The van der Waals surface area contributed by atoms with E-state index in [1.54, 1.807) is 7.11 Å². The van der Waals surface area contributed by atoms with Crippen molar-refractivity contribution in [3.8, 4) is 5.88 Å². The molecule has 3 rings (SSSR count). The van der Waals surface area contributed by atoms with Gasteiger partial charge in [0.1, 0.15) is 5.78 Å². The molecular formula is C23H32N2O2. The number of aromatic nitrogens is 1. The number of carbonyl (C=O) groups excluding carboxylic acids is 1. The molecule has 146 valence electrons. The van der Waals surface area contributed by atoms with Crippen LogP contribution in [0.4, 0.5) is 0 Å². The number of ketones is 1. The second-order valence-corrected chi connectivity index (χ2v) is 7.78. The predicted octanol–water partition coefficient (Wildman–Crippen LogP) is 4.50. The predicted molar refractivity (Wildman–Crippen MR) is 110 cm³/mol. The number of ether oxygens (including phenoxy) is 1. The molecule has 0 aliphatic carbocycles. The van der Waals surface area contributed by atoms with Crippen molar-refractivity contribution >= 4 is 16.7 Å². The van der Waals surface area contributed by atoms with E-state index in [1.165, 1.54) is 13.0 Å². The van der Waals surface area contributed by atoms with Gasteiger partial charge in [0, 0.05) is 30.8 Å². The van der Waals surface area contributed by atoms with Crippen LogP contribution >= 0.6 is 0 Å². The molecule has 0 spiro atoms. The maximum Gasteiger partial charge on any atom is 0.213 e. The largest absolute Gasteiger partial charge is 0.481 e. The Morgan fingerprint density at radius 3 is 2.81 bits per heavy atom. The van der Waals surface area contributed by atoms with Crippen molar-refractivity contribution in [2.45, 2.75) is 46.0 Å². The van der Waals surface area contributed by atoms with Gasteiger partial charge in [-0.25, -0.2) is 4.98 Å². The van der Waals surface area contributed by atoms with Gasteiger partial charge in [-0.3, -0.25) is 4.79 Å². The van der Waals surface area contributed by atoms with Crippen LogP contribution in [-0.4, -0.2) is 42.4 Å². The first-order chi connectivity index (χ1) is 13.1. The Bertz CT molecular complexity index is 774. The van der Waals surface area contributed by atoms with E-state index in [0.29, 0.717) is 36.3 Å². The summed E-state index contributed by atoms with van der Waals surface area (Å²) in [5.74, 6) is 2.07. The van der Waals surface area contributed by atoms with Crippen molar-refractivity contribution in [1.82, 2.24) is 9.88 Å². The lowest BCUT2D eigenvalue weighted by Gasteiger charge is -2.38. The molecular weight excluding hydrogens is 336 g/mol. The Morgan fingerprint density at radius 2 is 2.07 bits per heavy atom. The number of carbonyl (C=O) groups is 1. The van der Waals surface area contributed by atoms with Crippen LogP contribution < -0.4 is 4.74 Å². The number of para-hydroxylation sites is 1. The molecule has 0 amide bonds. The second-order valence-electron chi connectivity index (χ2n) is 7.78. The first-order valence-corrected chi connectivity index (χ1v) is 10.3. The van der Waals surface area contributed by atoms with Crippen LogP contribution in [0.15, 0.2) is 30.3 Å². The standard InChI is InChI=1S/C23H32N2O2/c1-4-11-25-12-10-18(17(5-2)16-25)13-20(26)14-19-15-23(27-3)24-22-9-7-6-8-21(19)22/h6-9,15,17-18H,4-5,10-14,16H2,1-3H3/t17-,18-/m0/s1. The van der Waals surface area contributed by atoms with Crippen LogP contribution in [0, 0.1) is 11.8 Å². The van der Waals surface area contributed by atoms with Crippen LogP contribution in [0.25, 0.3) is 10.9 Å². The highest BCUT2D eigenvalue weighted by atomic mass is 16.5. The molecule has 1 aliphatic heterocycles. The SMILES string of the molecule is CCCN1CC[C@@H](CC(=O)Cc2cc(OC)nc3ccccc23)[C@@H](CC)C1. The lowest BCUT2D eigenvalue weighted by Crippen LogP contribution is -2.41. The Hall–Kier alpha value is -1.94. The molecule has 1 saturated heterocycles. The zero-order valence-corrected chi connectivity index (χ0v) is 16.9. The highest BCUT2D eigenvalue weighted by molar-refractivity contribution is 5.89. The normalized spacial score (nSPS) is 20.7. The maximum atomic E-state index is 12.9. The minimum Gasteiger partial charge on any atom is -0.481 e. The topological polar surface area (TPSA) is 42.4 Å². The lowest BCUT2D eigenvalue weighted by atomic mass is 9.80. The van der Waals surface area contributed by atoms with Crippen LogP contribution in [0.5, 0.6) is 5.88 Å². The van der Waals surface area contributed by atoms with Gasteiger partial charge in [0.15, 0.2) is 0 Å². The van der Waals surface area contributed by atoms with Crippen molar-refractivity contribution in [2.75, 3.05) is 26.7 Å². The molecule has 1 aliphatic rings. The molecule has 2 aromatic rings. The van der Waals surface area contributed by atoms with Crippen LogP contribution in [-0.2, 0) is 11.2 Å². The van der Waals surface area contributed by atoms with Gasteiger partial charge in [0.25, 0.3) is 0 Å². The monoisotopic (exact) mass is 368 g/mol. The number of hydrogen-bond acceptors (Lipinski definition) is 4. The van der Waals surface area contributed by atoms with Crippen molar-refractivity contribution in [3.05, 3.63) is 35.9 Å². The molecule has 0 radical (unpaired) electrons. The quantitative estimate of drug-likeness (QED) is 0.688. The first-order valence-electron chi connectivity index (χ1n) is 10.3. The molecule has 1 aromatic carbocycles. The molecule has 1 fully saturated rings. The van der Waals surface area contributed by atoms with Gasteiger partial charge < -0.3 is 9.64 Å². The van der Waals surface area contributed by atoms with Gasteiger partial charge >= 0.3 is 0 Å². The molecule has 27 heavy (non-hydrogen) atoms. The minimum atomic E-state index is 0.334. The van der Waals surface area contributed by atoms with E-state index in [0.717, 1.165) is 42.4 Å². The number of likely N-dealkylation sites (tertiary alicyclic amines) is 1. The van der Waals surface area contributed by atoms with Crippen molar-refractivity contribution in [1.29, 1.82) is 0 Å². The van der Waals surface area contributed by atoms with Gasteiger partial charge in [0.05, 0.1) is 12.6 Å². The summed E-state index contributed by atoms with van der Waals surface area (Å²) in [6, 6.07) is 9.91. The van der Waals surface area contributed by atoms with E-state index in [-0.39, 0.29) is 0 Å². The molecule has 0 unspecified atom stereocenters. The fourth-order valence-electron chi connectivity index (χ4n) is 4.45. The Balaban J connectivity index is 1.70. The number of benzene rings is 1. The van der Waals surface area contributed by atoms with Gasteiger partial charge in [-0.05, 0) is 49.4 Å². The van der Waals surface area contributed by atoms with Crippen molar-refractivity contribution in [3.63, 3.8) is 0 Å². The first kappa shape index (κ1) is 19.8. The fraction of sp³-hybridized carbons (Fsp3) is 0.565. The molecule has 0 bridgehead atoms. The zero-order chi connectivity index (χ0) is 19.2. The molecule has 0 N–H and O–H groups in total.